The fourth-order valence-electron chi connectivity index (χ4n) is 5.17. The molecule has 13 nitrogen and oxygen atoms in total. The number of carbonyl (C=O) groups excluding carboxylic acids is 5. The van der Waals surface area contributed by atoms with E-state index in [0.717, 1.165) is 5.56 Å². The van der Waals surface area contributed by atoms with Crippen LogP contribution in [0.3, 0.4) is 0 Å². The van der Waals surface area contributed by atoms with Crippen LogP contribution >= 0.6 is 11.3 Å². The smallest absolute Gasteiger partial charge is 0.273 e. The van der Waals surface area contributed by atoms with Crippen LogP contribution in [0.2, 0.25) is 0 Å². The summed E-state index contributed by atoms with van der Waals surface area (Å²) >= 11 is 1.26. The number of benzene rings is 1. The second-order valence-electron chi connectivity index (χ2n) is 11.3. The van der Waals surface area contributed by atoms with E-state index in [2.05, 4.69) is 31.2 Å². The number of nitrogens with one attached hydrogen (secondary N) is 4. The Labute approximate surface area is 258 Å². The van der Waals surface area contributed by atoms with Gasteiger partial charge in [0, 0.05) is 31.3 Å². The Kier molecular flexibility index (Phi) is 9.68. The van der Waals surface area contributed by atoms with Gasteiger partial charge in [-0.25, -0.2) is 9.97 Å². The number of nitrogens with zero attached hydrogens (tertiary/aromatic N) is 3. The van der Waals surface area contributed by atoms with Crippen LogP contribution in [0.25, 0.3) is 0 Å². The van der Waals surface area contributed by atoms with Gasteiger partial charge in [0.25, 0.3) is 11.8 Å². The molecule has 14 heteroatoms. The molecule has 0 unspecified atom stereocenters. The van der Waals surface area contributed by atoms with Gasteiger partial charge in [0.05, 0.1) is 12.6 Å². The molecule has 4 N–H and O–H groups in total. The minimum atomic E-state index is -0.754. The zero-order valence-corrected chi connectivity index (χ0v) is 25.3. The first-order valence-corrected chi connectivity index (χ1v) is 15.5. The number of hydrogen-bond donors (Lipinski definition) is 4. The van der Waals surface area contributed by atoms with Crippen molar-refractivity contribution >= 4 is 40.9 Å². The molecule has 0 aliphatic carbocycles. The first-order chi connectivity index (χ1) is 21.2. The molecule has 4 heterocycles. The number of carbonyl (C=O) groups is 5. The number of oxazole rings is 1. The van der Waals surface area contributed by atoms with Crippen molar-refractivity contribution in [3.8, 4) is 0 Å². The Hall–Kier alpha value is -4.59. The Morgan fingerprint density at radius 3 is 2.52 bits per heavy atom. The third-order valence-electron chi connectivity index (χ3n) is 7.34. The van der Waals surface area contributed by atoms with Crippen molar-refractivity contribution in [3.63, 3.8) is 0 Å². The van der Waals surface area contributed by atoms with Crippen molar-refractivity contribution in [1.82, 2.24) is 36.1 Å². The second-order valence-corrected chi connectivity index (χ2v) is 12.2. The van der Waals surface area contributed by atoms with Gasteiger partial charge in [-0.2, -0.15) is 0 Å². The molecule has 232 valence electrons. The Morgan fingerprint density at radius 2 is 1.80 bits per heavy atom. The fourth-order valence-corrected chi connectivity index (χ4v) is 6.04. The Morgan fingerprint density at radius 1 is 1.00 bits per heavy atom. The molecule has 1 saturated heterocycles. The molecule has 3 aromatic rings. The maximum atomic E-state index is 13.4. The highest BCUT2D eigenvalue weighted by Gasteiger charge is 2.33. The highest BCUT2D eigenvalue weighted by atomic mass is 32.1. The summed E-state index contributed by atoms with van der Waals surface area (Å²) in [6, 6.07) is 7.44. The predicted octanol–water partition coefficient (Wildman–Crippen LogP) is 1.90. The summed E-state index contributed by atoms with van der Waals surface area (Å²) in [5, 5.41) is 13.5. The molecule has 0 radical (unpaired) electrons. The highest BCUT2D eigenvalue weighted by molar-refractivity contribution is 7.09. The number of aromatic nitrogens is 2. The molecule has 1 aromatic carbocycles. The van der Waals surface area contributed by atoms with E-state index >= 15 is 0 Å². The van der Waals surface area contributed by atoms with E-state index < -0.39 is 41.8 Å². The topological polar surface area (TPSA) is 176 Å². The highest BCUT2D eigenvalue weighted by Crippen LogP contribution is 2.26. The van der Waals surface area contributed by atoms with E-state index in [0.29, 0.717) is 24.3 Å². The molecule has 3 atom stereocenters. The summed E-state index contributed by atoms with van der Waals surface area (Å²) in [7, 11) is 0. The molecule has 2 aliphatic heterocycles. The number of rotatable bonds is 5. The molecule has 5 rings (SSSR count). The van der Waals surface area contributed by atoms with E-state index in [4.69, 9.17) is 4.42 Å². The van der Waals surface area contributed by atoms with Gasteiger partial charge in [-0.1, -0.05) is 44.2 Å². The van der Waals surface area contributed by atoms with Crippen molar-refractivity contribution < 1.29 is 28.4 Å². The van der Waals surface area contributed by atoms with Gasteiger partial charge >= 0.3 is 0 Å². The number of thiazole rings is 1. The van der Waals surface area contributed by atoms with Gasteiger partial charge in [0.2, 0.25) is 23.6 Å². The standard InChI is InChI=1S/C30H35N7O6S/c1-17(2)12-21-29-36-23(16-44-29)26(40)31-10-11-37(30(42)19-8-9-24(38)32-19)14-25(39)33-20(13-18-6-4-3-5-7-18)28-35-22(15-43-28)27(41)34-21/h3-7,15-17,19-21H,8-14H2,1-2H3,(H,31,40)(H,32,38)(H,33,39)(H,34,41)/t19-,20-,21-/m0/s1. The normalized spacial score (nSPS) is 21.6. The van der Waals surface area contributed by atoms with Crippen molar-refractivity contribution in [2.45, 2.75) is 57.7 Å². The van der Waals surface area contributed by atoms with E-state index in [1.54, 1.807) is 5.38 Å². The average molecular weight is 622 g/mol. The Balaban J connectivity index is 1.46. The molecule has 2 aliphatic rings. The van der Waals surface area contributed by atoms with Crippen LogP contribution in [0.4, 0.5) is 0 Å². The first kappa shape index (κ1) is 30.9. The lowest BCUT2D eigenvalue weighted by Gasteiger charge is -2.26. The van der Waals surface area contributed by atoms with Gasteiger partial charge in [-0.05, 0) is 24.3 Å². The fraction of sp³-hybridized carbons (Fsp3) is 0.433. The van der Waals surface area contributed by atoms with Crippen molar-refractivity contribution in [2.24, 2.45) is 5.92 Å². The third kappa shape index (κ3) is 7.67. The number of hydrogen-bond acceptors (Lipinski definition) is 9. The van der Waals surface area contributed by atoms with Crippen molar-refractivity contribution in [3.05, 3.63) is 69.8 Å². The van der Waals surface area contributed by atoms with E-state index in [-0.39, 0.29) is 55.2 Å². The van der Waals surface area contributed by atoms with E-state index in [9.17, 15) is 24.0 Å². The predicted molar refractivity (Wildman–Crippen MR) is 159 cm³/mol. The molecular weight excluding hydrogens is 586 g/mol. The quantitative estimate of drug-likeness (QED) is 0.334. The maximum Gasteiger partial charge on any atom is 0.273 e. The molecule has 5 amide bonds. The lowest BCUT2D eigenvalue weighted by Crippen LogP contribution is -2.50. The zero-order chi connectivity index (χ0) is 31.2. The minimum Gasteiger partial charge on any atom is -0.446 e. The molecule has 1 fully saturated rings. The van der Waals surface area contributed by atoms with Gasteiger partial charge in [-0.15, -0.1) is 11.3 Å². The largest absolute Gasteiger partial charge is 0.446 e. The van der Waals surface area contributed by atoms with Gasteiger partial charge in [-0.3, -0.25) is 24.0 Å². The Bertz CT molecular complexity index is 1520. The van der Waals surface area contributed by atoms with Crippen LogP contribution in [0, 0.1) is 5.92 Å². The zero-order valence-electron chi connectivity index (χ0n) is 24.5. The molecule has 4 bridgehead atoms. The van der Waals surface area contributed by atoms with Crippen LogP contribution < -0.4 is 21.3 Å². The second kappa shape index (κ2) is 13.8. The summed E-state index contributed by atoms with van der Waals surface area (Å²) in [5.74, 6) is -1.72. The summed E-state index contributed by atoms with van der Waals surface area (Å²) in [5.41, 5.74) is 1.11. The SMILES string of the molecule is CC(C)C[C@@H]1NC(=O)c2coc(n2)[C@H](Cc2ccccc2)NC(=O)CN(C(=O)[C@@H]2CCC(=O)N2)CCNC(=O)c2csc1n2. The maximum absolute atomic E-state index is 13.4. The van der Waals surface area contributed by atoms with Crippen molar-refractivity contribution in [1.29, 1.82) is 0 Å². The summed E-state index contributed by atoms with van der Waals surface area (Å²) in [4.78, 5) is 75.1. The lowest BCUT2D eigenvalue weighted by atomic mass is 10.0. The lowest BCUT2D eigenvalue weighted by molar-refractivity contribution is -0.138. The van der Waals surface area contributed by atoms with Crippen LogP contribution in [-0.4, -0.2) is 70.1 Å². The molecule has 44 heavy (non-hydrogen) atoms. The summed E-state index contributed by atoms with van der Waals surface area (Å²) in [6.45, 7) is 3.79. The van der Waals surface area contributed by atoms with Gasteiger partial charge in [0.15, 0.2) is 5.69 Å². The minimum absolute atomic E-state index is 0.0277. The average Bonchev–Trinajstić information content (AvgIpc) is 3.77. The summed E-state index contributed by atoms with van der Waals surface area (Å²) < 4.78 is 5.73. The van der Waals surface area contributed by atoms with Crippen LogP contribution in [0.15, 0.2) is 46.4 Å². The first-order valence-electron chi connectivity index (χ1n) is 14.6. The summed E-state index contributed by atoms with van der Waals surface area (Å²) in [6.07, 6.45) is 2.67. The third-order valence-corrected chi connectivity index (χ3v) is 8.30. The van der Waals surface area contributed by atoms with Crippen LogP contribution in [0.1, 0.15) is 82.6 Å². The van der Waals surface area contributed by atoms with E-state index in [1.807, 2.05) is 44.2 Å². The van der Waals surface area contributed by atoms with Crippen molar-refractivity contribution in [2.75, 3.05) is 19.6 Å². The number of fused-ring (bicyclic) bond motifs is 4. The molecule has 0 saturated carbocycles. The van der Waals surface area contributed by atoms with Crippen LogP contribution in [-0.2, 0) is 20.8 Å². The molecular formula is C30H35N7O6S. The monoisotopic (exact) mass is 621 g/mol. The molecule has 0 spiro atoms. The number of amides is 5. The van der Waals surface area contributed by atoms with E-state index in [1.165, 1.54) is 22.5 Å². The van der Waals surface area contributed by atoms with Crippen LogP contribution in [0.5, 0.6) is 0 Å². The van der Waals surface area contributed by atoms with Gasteiger partial charge < -0.3 is 30.6 Å². The van der Waals surface area contributed by atoms with Gasteiger partial charge in [0.1, 0.15) is 29.0 Å². The molecule has 2 aromatic heterocycles.